The molecule has 0 amide bonds. The van der Waals surface area contributed by atoms with E-state index < -0.39 is 0 Å². The molecule has 2 heterocycles. The van der Waals surface area contributed by atoms with Gasteiger partial charge < -0.3 is 5.32 Å². The van der Waals surface area contributed by atoms with Crippen molar-refractivity contribution in [2.75, 3.05) is 5.32 Å². The molecule has 0 aliphatic carbocycles. The highest BCUT2D eigenvalue weighted by Crippen LogP contribution is 2.12. The second kappa shape index (κ2) is 3.67. The Kier molecular flexibility index (Phi) is 2.18. The first-order chi connectivity index (χ1) is 6.45. The topological polar surface area (TPSA) is 37.8 Å². The Balaban J connectivity index is 2.16. The van der Waals surface area contributed by atoms with E-state index in [-0.39, 0.29) is 0 Å². The number of aromatic nitrogens is 2. The molecule has 13 heavy (non-hydrogen) atoms. The monoisotopic (exact) mass is 171 g/mol. The van der Waals surface area contributed by atoms with E-state index in [0.29, 0.717) is 0 Å². The van der Waals surface area contributed by atoms with Crippen LogP contribution in [0.25, 0.3) is 0 Å². The van der Waals surface area contributed by atoms with Crippen LogP contribution in [0.3, 0.4) is 0 Å². The van der Waals surface area contributed by atoms with Gasteiger partial charge in [0.2, 0.25) is 0 Å². The van der Waals surface area contributed by atoms with Gasteiger partial charge in [0.25, 0.3) is 0 Å². The minimum Gasteiger partial charge on any atom is -0.355 e. The molecule has 0 spiro atoms. The number of hydrogen-bond acceptors (Lipinski definition) is 3. The Morgan fingerprint density at radius 2 is 1.08 bits per heavy atom. The zero-order chi connectivity index (χ0) is 8.93. The molecule has 3 heteroatoms. The molecule has 0 saturated carbocycles. The van der Waals surface area contributed by atoms with Gasteiger partial charge in [0.05, 0.1) is 0 Å². The lowest BCUT2D eigenvalue weighted by Crippen LogP contribution is -1.89. The largest absolute Gasteiger partial charge is 0.355 e. The van der Waals surface area contributed by atoms with Gasteiger partial charge in [-0.1, -0.05) is 0 Å². The molecule has 2 aromatic rings. The molecule has 0 atom stereocenters. The highest BCUT2D eigenvalue weighted by Gasteiger charge is 1.90. The molecule has 64 valence electrons. The average molecular weight is 171 g/mol. The van der Waals surface area contributed by atoms with E-state index >= 15 is 0 Å². The minimum absolute atomic E-state index is 1.03. The molecule has 0 aromatic carbocycles. The highest BCUT2D eigenvalue weighted by molar-refractivity contribution is 5.57. The predicted molar refractivity (Wildman–Crippen MR) is 51.8 cm³/mol. The van der Waals surface area contributed by atoms with E-state index in [9.17, 15) is 0 Å². The third-order valence-corrected chi connectivity index (χ3v) is 1.65. The molecule has 0 saturated heterocycles. The first kappa shape index (κ1) is 7.73. The quantitative estimate of drug-likeness (QED) is 0.752. The summed E-state index contributed by atoms with van der Waals surface area (Å²) in [6.45, 7) is 0. The molecule has 1 N–H and O–H groups in total. The Morgan fingerprint density at radius 3 is 1.46 bits per heavy atom. The fourth-order valence-electron chi connectivity index (χ4n) is 1.04. The summed E-state index contributed by atoms with van der Waals surface area (Å²) in [6, 6.07) is 7.67. The summed E-state index contributed by atoms with van der Waals surface area (Å²) in [7, 11) is 0. The Hall–Kier alpha value is -1.90. The smallest absolute Gasteiger partial charge is 0.0415 e. The molecule has 3 nitrogen and oxygen atoms in total. The van der Waals surface area contributed by atoms with Crippen molar-refractivity contribution in [2.45, 2.75) is 0 Å². The summed E-state index contributed by atoms with van der Waals surface area (Å²) in [4.78, 5) is 7.87. The van der Waals surface area contributed by atoms with Crippen molar-refractivity contribution in [2.24, 2.45) is 0 Å². The van der Waals surface area contributed by atoms with E-state index in [1.165, 1.54) is 0 Å². The maximum atomic E-state index is 3.93. The number of hydrogen-bond donors (Lipinski definition) is 1. The van der Waals surface area contributed by atoms with E-state index in [1.54, 1.807) is 24.8 Å². The van der Waals surface area contributed by atoms with Crippen LogP contribution < -0.4 is 5.32 Å². The summed E-state index contributed by atoms with van der Waals surface area (Å²) in [6.07, 6.45) is 7.01. The predicted octanol–water partition coefficient (Wildman–Crippen LogP) is 2.22. The van der Waals surface area contributed by atoms with Gasteiger partial charge in [-0.2, -0.15) is 0 Å². The molecular formula is C10H9N3. The zero-order valence-corrected chi connectivity index (χ0v) is 7.01. The number of anilines is 2. The summed E-state index contributed by atoms with van der Waals surface area (Å²) in [5.74, 6) is 0. The lowest BCUT2D eigenvalue weighted by molar-refractivity contribution is 1.31. The summed E-state index contributed by atoms with van der Waals surface area (Å²) in [5, 5.41) is 3.22. The van der Waals surface area contributed by atoms with Gasteiger partial charge in [-0.25, -0.2) is 0 Å². The number of rotatable bonds is 2. The average Bonchev–Trinajstić information content (AvgIpc) is 2.21. The number of nitrogens with one attached hydrogen (secondary N) is 1. The standard InChI is InChI=1S/C10H9N3/c1-5-11-6-2-9(1)13-10-3-7-12-8-4-10/h1-8H,(H,11,12,13). The maximum Gasteiger partial charge on any atom is 0.0415 e. The summed E-state index contributed by atoms with van der Waals surface area (Å²) >= 11 is 0. The molecule has 2 aromatic heterocycles. The van der Waals surface area contributed by atoms with Crippen molar-refractivity contribution in [3.05, 3.63) is 49.1 Å². The minimum atomic E-state index is 1.03. The van der Waals surface area contributed by atoms with Gasteiger partial charge >= 0.3 is 0 Å². The van der Waals surface area contributed by atoms with E-state index in [1.807, 2.05) is 24.3 Å². The summed E-state index contributed by atoms with van der Waals surface area (Å²) < 4.78 is 0. The van der Waals surface area contributed by atoms with Gasteiger partial charge in [-0.15, -0.1) is 0 Å². The van der Waals surface area contributed by atoms with Crippen molar-refractivity contribution in [3.8, 4) is 0 Å². The van der Waals surface area contributed by atoms with Gasteiger partial charge in [-0.3, -0.25) is 9.97 Å². The Morgan fingerprint density at radius 1 is 0.692 bits per heavy atom. The lowest BCUT2D eigenvalue weighted by Gasteiger charge is -2.03. The van der Waals surface area contributed by atoms with Crippen molar-refractivity contribution in [1.82, 2.24) is 9.97 Å². The van der Waals surface area contributed by atoms with Crippen LogP contribution in [0.15, 0.2) is 49.1 Å². The van der Waals surface area contributed by atoms with E-state index in [2.05, 4.69) is 15.3 Å². The molecule has 0 fully saturated rings. The van der Waals surface area contributed by atoms with Crippen LogP contribution in [0.2, 0.25) is 0 Å². The maximum absolute atomic E-state index is 3.93. The molecule has 0 unspecified atom stereocenters. The molecule has 0 bridgehead atoms. The zero-order valence-electron chi connectivity index (χ0n) is 7.01. The first-order valence-corrected chi connectivity index (χ1v) is 4.02. The third-order valence-electron chi connectivity index (χ3n) is 1.65. The molecule has 0 aliphatic heterocycles. The number of nitrogens with zero attached hydrogens (tertiary/aromatic N) is 2. The molecule has 0 radical (unpaired) electrons. The Bertz CT molecular complexity index is 321. The normalized spacial score (nSPS) is 9.54. The van der Waals surface area contributed by atoms with Gasteiger partial charge in [0.15, 0.2) is 0 Å². The summed E-state index contributed by atoms with van der Waals surface area (Å²) in [5.41, 5.74) is 2.06. The van der Waals surface area contributed by atoms with Crippen LogP contribution in [0.5, 0.6) is 0 Å². The van der Waals surface area contributed by atoms with Crippen molar-refractivity contribution < 1.29 is 0 Å². The van der Waals surface area contributed by atoms with Crippen molar-refractivity contribution >= 4 is 11.4 Å². The van der Waals surface area contributed by atoms with Crippen LogP contribution in [0, 0.1) is 0 Å². The van der Waals surface area contributed by atoms with Crippen molar-refractivity contribution in [3.63, 3.8) is 0 Å². The van der Waals surface area contributed by atoms with Crippen LogP contribution in [0.1, 0.15) is 0 Å². The highest BCUT2D eigenvalue weighted by atomic mass is 14.9. The van der Waals surface area contributed by atoms with E-state index in [4.69, 9.17) is 0 Å². The molecule has 2 rings (SSSR count). The van der Waals surface area contributed by atoms with E-state index in [0.717, 1.165) is 11.4 Å². The van der Waals surface area contributed by atoms with Crippen molar-refractivity contribution in [1.29, 1.82) is 0 Å². The third kappa shape index (κ3) is 2.02. The van der Waals surface area contributed by atoms with Gasteiger partial charge in [-0.05, 0) is 24.3 Å². The van der Waals surface area contributed by atoms with Crippen LogP contribution in [-0.4, -0.2) is 9.97 Å². The number of pyridine rings is 2. The van der Waals surface area contributed by atoms with Crippen LogP contribution in [0.4, 0.5) is 11.4 Å². The van der Waals surface area contributed by atoms with Gasteiger partial charge in [0.1, 0.15) is 0 Å². The lowest BCUT2D eigenvalue weighted by atomic mass is 10.3. The molecular weight excluding hydrogens is 162 g/mol. The first-order valence-electron chi connectivity index (χ1n) is 4.02. The fourth-order valence-corrected chi connectivity index (χ4v) is 1.04. The van der Waals surface area contributed by atoms with Gasteiger partial charge in [0, 0.05) is 36.2 Å². The fraction of sp³-hybridized carbons (Fsp3) is 0. The second-order valence-corrected chi connectivity index (χ2v) is 2.60. The SMILES string of the molecule is c1cc(Nc2ccncc2)ccn1. The van der Waals surface area contributed by atoms with Crippen LogP contribution in [-0.2, 0) is 0 Å². The second-order valence-electron chi connectivity index (χ2n) is 2.60. The molecule has 0 aliphatic rings. The van der Waals surface area contributed by atoms with Crippen LogP contribution >= 0.6 is 0 Å². The Labute approximate surface area is 76.5 Å².